The first-order valence-electron chi connectivity index (χ1n) is 7.88. The Morgan fingerprint density at radius 1 is 1.38 bits per heavy atom. The standard InChI is InChI=1S/C17H23FN2O4/c1-13(21)20-10-16(9-19(6-7-23-2)17(22)11-20)24-12-14-4-3-5-15(18)8-14/h3-5,8,16H,6-7,9-12H2,1-2H3. The van der Waals surface area contributed by atoms with Gasteiger partial charge in [0.15, 0.2) is 0 Å². The van der Waals surface area contributed by atoms with E-state index in [4.69, 9.17) is 9.47 Å². The van der Waals surface area contributed by atoms with Gasteiger partial charge in [0.25, 0.3) is 0 Å². The summed E-state index contributed by atoms with van der Waals surface area (Å²) in [5, 5.41) is 0. The van der Waals surface area contributed by atoms with Crippen LogP contribution in [0.25, 0.3) is 0 Å². The fraction of sp³-hybridized carbons (Fsp3) is 0.529. The summed E-state index contributed by atoms with van der Waals surface area (Å²) in [7, 11) is 1.57. The Bertz CT molecular complexity index is 581. The van der Waals surface area contributed by atoms with Crippen molar-refractivity contribution in [2.75, 3.05) is 39.9 Å². The van der Waals surface area contributed by atoms with Crippen molar-refractivity contribution in [3.8, 4) is 0 Å². The van der Waals surface area contributed by atoms with E-state index in [1.54, 1.807) is 24.1 Å². The molecule has 0 aliphatic carbocycles. The molecule has 132 valence electrons. The van der Waals surface area contributed by atoms with Gasteiger partial charge in [-0.1, -0.05) is 12.1 Å². The molecule has 6 nitrogen and oxygen atoms in total. The molecule has 1 heterocycles. The largest absolute Gasteiger partial charge is 0.383 e. The number of carbonyl (C=O) groups is 2. The molecule has 0 saturated carbocycles. The normalized spacial score (nSPS) is 18.6. The van der Waals surface area contributed by atoms with Gasteiger partial charge in [0.05, 0.1) is 25.9 Å². The second kappa shape index (κ2) is 8.75. The van der Waals surface area contributed by atoms with Crippen molar-refractivity contribution in [3.63, 3.8) is 0 Å². The van der Waals surface area contributed by atoms with Crippen LogP contribution in [-0.4, -0.2) is 67.6 Å². The summed E-state index contributed by atoms with van der Waals surface area (Å²) in [5.41, 5.74) is 0.711. The molecule has 0 radical (unpaired) electrons. The Morgan fingerprint density at radius 3 is 2.83 bits per heavy atom. The van der Waals surface area contributed by atoms with Gasteiger partial charge >= 0.3 is 0 Å². The second-order valence-electron chi connectivity index (χ2n) is 5.80. The third-order valence-electron chi connectivity index (χ3n) is 3.91. The van der Waals surface area contributed by atoms with Crippen LogP contribution in [0.4, 0.5) is 4.39 Å². The van der Waals surface area contributed by atoms with E-state index in [9.17, 15) is 14.0 Å². The van der Waals surface area contributed by atoms with Crippen molar-refractivity contribution in [1.82, 2.24) is 9.80 Å². The van der Waals surface area contributed by atoms with Gasteiger partial charge in [-0.15, -0.1) is 0 Å². The van der Waals surface area contributed by atoms with Gasteiger partial charge in [-0.25, -0.2) is 4.39 Å². The van der Waals surface area contributed by atoms with Gasteiger partial charge in [0.2, 0.25) is 11.8 Å². The summed E-state index contributed by atoms with van der Waals surface area (Å²) in [6.07, 6.45) is -0.333. The van der Waals surface area contributed by atoms with Crippen LogP contribution in [0.2, 0.25) is 0 Å². The Hall–Kier alpha value is -1.99. The predicted molar refractivity (Wildman–Crippen MR) is 85.7 cm³/mol. The lowest BCUT2D eigenvalue weighted by Gasteiger charge is -2.24. The highest BCUT2D eigenvalue weighted by molar-refractivity contribution is 5.84. The van der Waals surface area contributed by atoms with Gasteiger partial charge in [0, 0.05) is 33.7 Å². The van der Waals surface area contributed by atoms with Crippen LogP contribution in [0.1, 0.15) is 12.5 Å². The number of rotatable bonds is 6. The molecule has 1 fully saturated rings. The molecule has 1 aromatic carbocycles. The number of ether oxygens (including phenoxy) is 2. The predicted octanol–water partition coefficient (Wildman–Crippen LogP) is 1.05. The van der Waals surface area contributed by atoms with Gasteiger partial charge in [-0.3, -0.25) is 9.59 Å². The molecule has 0 aromatic heterocycles. The summed E-state index contributed by atoms with van der Waals surface area (Å²) >= 11 is 0. The van der Waals surface area contributed by atoms with Crippen molar-refractivity contribution in [2.24, 2.45) is 0 Å². The Kier molecular flexibility index (Phi) is 6.69. The maximum absolute atomic E-state index is 13.2. The van der Waals surface area contributed by atoms with Crippen molar-refractivity contribution in [2.45, 2.75) is 19.6 Å². The topological polar surface area (TPSA) is 59.1 Å². The van der Waals surface area contributed by atoms with E-state index in [-0.39, 0.29) is 36.9 Å². The number of hydrogen-bond acceptors (Lipinski definition) is 4. The van der Waals surface area contributed by atoms with E-state index >= 15 is 0 Å². The lowest BCUT2D eigenvalue weighted by atomic mass is 10.2. The SMILES string of the molecule is COCCN1CC(OCc2cccc(F)c2)CN(C(C)=O)CC1=O. The van der Waals surface area contributed by atoms with E-state index < -0.39 is 0 Å². The van der Waals surface area contributed by atoms with Gasteiger partial charge < -0.3 is 19.3 Å². The van der Waals surface area contributed by atoms with E-state index in [2.05, 4.69) is 0 Å². The zero-order chi connectivity index (χ0) is 17.5. The maximum atomic E-state index is 13.2. The van der Waals surface area contributed by atoms with Gasteiger partial charge in [-0.2, -0.15) is 0 Å². The molecule has 0 spiro atoms. The number of hydrogen-bond donors (Lipinski definition) is 0. The minimum absolute atomic E-state index is 0.0405. The molecule has 24 heavy (non-hydrogen) atoms. The lowest BCUT2D eigenvalue weighted by molar-refractivity contribution is -0.137. The first-order chi connectivity index (χ1) is 11.5. The Labute approximate surface area is 141 Å². The molecule has 1 saturated heterocycles. The summed E-state index contributed by atoms with van der Waals surface area (Å²) in [4.78, 5) is 27.1. The van der Waals surface area contributed by atoms with E-state index in [1.807, 2.05) is 0 Å². The summed E-state index contributed by atoms with van der Waals surface area (Å²) < 4.78 is 24.1. The highest BCUT2D eigenvalue weighted by atomic mass is 19.1. The zero-order valence-electron chi connectivity index (χ0n) is 14.0. The molecule has 0 bridgehead atoms. The smallest absolute Gasteiger partial charge is 0.242 e. The molecule has 1 aromatic rings. The summed E-state index contributed by atoms with van der Waals surface area (Å²) in [6.45, 7) is 3.27. The fourth-order valence-electron chi connectivity index (χ4n) is 2.58. The number of methoxy groups -OCH3 is 1. The molecule has 2 amide bonds. The molecule has 1 unspecified atom stereocenters. The van der Waals surface area contributed by atoms with Crippen LogP contribution < -0.4 is 0 Å². The number of carbonyl (C=O) groups excluding carboxylic acids is 2. The van der Waals surface area contributed by atoms with Crippen LogP contribution in [0.15, 0.2) is 24.3 Å². The third kappa shape index (κ3) is 5.28. The molecule has 1 atom stereocenters. The van der Waals surface area contributed by atoms with E-state index in [0.29, 0.717) is 31.8 Å². The quantitative estimate of drug-likeness (QED) is 0.778. The average Bonchev–Trinajstić information content (AvgIpc) is 2.70. The average molecular weight is 338 g/mol. The number of amides is 2. The van der Waals surface area contributed by atoms with Gasteiger partial charge in [0.1, 0.15) is 5.82 Å². The number of halogens is 1. The molecular weight excluding hydrogens is 315 g/mol. The molecule has 0 N–H and O–H groups in total. The number of benzene rings is 1. The first-order valence-corrected chi connectivity index (χ1v) is 7.88. The maximum Gasteiger partial charge on any atom is 0.242 e. The molecule has 7 heteroatoms. The number of nitrogens with zero attached hydrogens (tertiary/aromatic N) is 2. The third-order valence-corrected chi connectivity index (χ3v) is 3.91. The van der Waals surface area contributed by atoms with Crippen LogP contribution in [0, 0.1) is 5.82 Å². The van der Waals surface area contributed by atoms with Crippen molar-refractivity contribution >= 4 is 11.8 Å². The van der Waals surface area contributed by atoms with Crippen LogP contribution in [0.5, 0.6) is 0 Å². The van der Waals surface area contributed by atoms with E-state index in [0.717, 1.165) is 0 Å². The molecule has 2 rings (SSSR count). The summed E-state index contributed by atoms with van der Waals surface area (Å²) in [5.74, 6) is -0.616. The first kappa shape index (κ1) is 18.4. The highest BCUT2D eigenvalue weighted by Gasteiger charge is 2.29. The van der Waals surface area contributed by atoms with Crippen LogP contribution in [-0.2, 0) is 25.7 Å². The Morgan fingerprint density at radius 2 is 2.17 bits per heavy atom. The summed E-state index contributed by atoms with van der Waals surface area (Å²) in [6, 6.07) is 6.18. The van der Waals surface area contributed by atoms with Crippen molar-refractivity contribution in [1.29, 1.82) is 0 Å². The fourth-order valence-corrected chi connectivity index (χ4v) is 2.58. The lowest BCUT2D eigenvalue weighted by Crippen LogP contribution is -2.40. The van der Waals surface area contributed by atoms with Crippen molar-refractivity contribution in [3.05, 3.63) is 35.6 Å². The van der Waals surface area contributed by atoms with Crippen LogP contribution in [0.3, 0.4) is 0 Å². The van der Waals surface area contributed by atoms with E-state index in [1.165, 1.54) is 24.0 Å². The molecule has 1 aliphatic rings. The Balaban J connectivity index is 2.03. The molecular formula is C17H23FN2O4. The van der Waals surface area contributed by atoms with Crippen molar-refractivity contribution < 1.29 is 23.5 Å². The second-order valence-corrected chi connectivity index (χ2v) is 5.80. The monoisotopic (exact) mass is 338 g/mol. The molecule has 1 aliphatic heterocycles. The van der Waals surface area contributed by atoms with Gasteiger partial charge in [-0.05, 0) is 17.7 Å². The minimum Gasteiger partial charge on any atom is -0.383 e. The highest BCUT2D eigenvalue weighted by Crippen LogP contribution is 2.12. The minimum atomic E-state index is -0.333. The van der Waals surface area contributed by atoms with Crippen LogP contribution >= 0.6 is 0 Å². The zero-order valence-corrected chi connectivity index (χ0v) is 14.0.